The highest BCUT2D eigenvalue weighted by Gasteiger charge is 2.24. The summed E-state index contributed by atoms with van der Waals surface area (Å²) < 4.78 is 13.6. The quantitative estimate of drug-likeness (QED) is 0.794. The van der Waals surface area contributed by atoms with E-state index in [0.29, 0.717) is 12.0 Å². The highest BCUT2D eigenvalue weighted by molar-refractivity contribution is 5.74. The van der Waals surface area contributed by atoms with Crippen LogP contribution in [0.5, 0.6) is 0 Å². The van der Waals surface area contributed by atoms with Gasteiger partial charge in [0, 0.05) is 12.1 Å². The first-order chi connectivity index (χ1) is 10.1. The Morgan fingerprint density at radius 2 is 2.19 bits per heavy atom. The van der Waals surface area contributed by atoms with Gasteiger partial charge in [-0.1, -0.05) is 18.9 Å². The first kappa shape index (κ1) is 15.3. The maximum atomic E-state index is 13.6. The van der Waals surface area contributed by atoms with Gasteiger partial charge in [-0.15, -0.1) is 0 Å². The van der Waals surface area contributed by atoms with Crippen LogP contribution in [0, 0.1) is 17.1 Å². The van der Waals surface area contributed by atoms with Crippen LogP contribution < -0.4 is 10.6 Å². The molecule has 2 amide bonds. The van der Waals surface area contributed by atoms with Crippen LogP contribution in [0.15, 0.2) is 18.2 Å². The summed E-state index contributed by atoms with van der Waals surface area (Å²) in [6.07, 6.45) is 2.87. The number of nitrogens with zero attached hydrogens (tertiary/aromatic N) is 1. The molecule has 3 N–H and O–H groups in total. The van der Waals surface area contributed by atoms with Gasteiger partial charge in [-0.05, 0) is 25.0 Å². The Morgan fingerprint density at radius 1 is 1.43 bits per heavy atom. The van der Waals surface area contributed by atoms with Crippen LogP contribution in [0.2, 0.25) is 0 Å². The molecule has 1 aliphatic rings. The molecule has 1 aromatic carbocycles. The van der Waals surface area contributed by atoms with Crippen LogP contribution in [-0.2, 0) is 6.54 Å². The third-order valence-electron chi connectivity index (χ3n) is 3.67. The highest BCUT2D eigenvalue weighted by Crippen LogP contribution is 2.18. The summed E-state index contributed by atoms with van der Waals surface area (Å²) in [5.41, 5.74) is 0.555. The molecule has 112 valence electrons. The van der Waals surface area contributed by atoms with Crippen LogP contribution in [-0.4, -0.2) is 23.3 Å². The Morgan fingerprint density at radius 3 is 2.86 bits per heavy atom. The van der Waals surface area contributed by atoms with E-state index in [1.54, 1.807) is 0 Å². The van der Waals surface area contributed by atoms with Gasteiger partial charge >= 0.3 is 6.03 Å². The van der Waals surface area contributed by atoms with Gasteiger partial charge in [-0.25, -0.2) is 9.18 Å². The van der Waals surface area contributed by atoms with Gasteiger partial charge in [0.2, 0.25) is 0 Å². The van der Waals surface area contributed by atoms with Crippen molar-refractivity contribution in [3.8, 4) is 6.07 Å². The number of carbonyl (C=O) groups excluding carboxylic acids is 1. The second-order valence-corrected chi connectivity index (χ2v) is 5.20. The molecular weight excluding hydrogens is 273 g/mol. The maximum Gasteiger partial charge on any atom is 0.315 e. The minimum absolute atomic E-state index is 0.0339. The van der Waals surface area contributed by atoms with Gasteiger partial charge < -0.3 is 15.7 Å². The van der Waals surface area contributed by atoms with Crippen molar-refractivity contribution in [3.63, 3.8) is 0 Å². The van der Waals surface area contributed by atoms with Gasteiger partial charge in [0.05, 0.1) is 23.8 Å². The Labute approximate surface area is 122 Å². The smallest absolute Gasteiger partial charge is 0.315 e. The second-order valence-electron chi connectivity index (χ2n) is 5.20. The first-order valence-corrected chi connectivity index (χ1v) is 7.01. The largest absolute Gasteiger partial charge is 0.391 e. The minimum Gasteiger partial charge on any atom is -0.391 e. The van der Waals surface area contributed by atoms with Crippen LogP contribution in [0.4, 0.5) is 9.18 Å². The van der Waals surface area contributed by atoms with E-state index in [2.05, 4.69) is 10.6 Å². The number of aliphatic hydroxyl groups is 1. The number of aliphatic hydroxyl groups excluding tert-OH is 1. The Kier molecular flexibility index (Phi) is 5.12. The van der Waals surface area contributed by atoms with E-state index in [1.165, 1.54) is 12.1 Å². The standard InChI is InChI=1S/C15H18FN3O2/c16-12-7-10(8-17)5-6-11(12)9-18-15(21)19-13-3-1-2-4-14(13)20/h5-7,13-14,20H,1-4,9H2,(H2,18,19,21). The van der Waals surface area contributed by atoms with Gasteiger partial charge in [-0.2, -0.15) is 5.26 Å². The van der Waals surface area contributed by atoms with E-state index < -0.39 is 18.0 Å². The molecule has 0 saturated heterocycles. The highest BCUT2D eigenvalue weighted by atomic mass is 19.1. The van der Waals surface area contributed by atoms with E-state index in [4.69, 9.17) is 5.26 Å². The number of hydrogen-bond acceptors (Lipinski definition) is 3. The predicted octanol–water partition coefficient (Wildman–Crippen LogP) is 1.80. The molecule has 0 radical (unpaired) electrons. The Bertz CT molecular complexity index is 556. The molecule has 2 atom stereocenters. The number of amides is 2. The molecular formula is C15H18FN3O2. The van der Waals surface area contributed by atoms with Crippen LogP contribution >= 0.6 is 0 Å². The summed E-state index contributed by atoms with van der Waals surface area (Å²) in [5, 5.41) is 23.7. The van der Waals surface area contributed by atoms with Crippen molar-refractivity contribution in [2.24, 2.45) is 0 Å². The minimum atomic E-state index is -0.521. The lowest BCUT2D eigenvalue weighted by Crippen LogP contribution is -2.48. The monoisotopic (exact) mass is 291 g/mol. The summed E-state index contributed by atoms with van der Waals surface area (Å²) in [7, 11) is 0. The summed E-state index contributed by atoms with van der Waals surface area (Å²) >= 11 is 0. The molecule has 21 heavy (non-hydrogen) atoms. The average Bonchev–Trinajstić information content (AvgIpc) is 2.48. The van der Waals surface area contributed by atoms with Crippen molar-refractivity contribution in [2.45, 2.75) is 44.4 Å². The van der Waals surface area contributed by atoms with Crippen molar-refractivity contribution in [1.29, 1.82) is 5.26 Å². The average molecular weight is 291 g/mol. The van der Waals surface area contributed by atoms with Gasteiger partial charge in [0.15, 0.2) is 0 Å². The summed E-state index contributed by atoms with van der Waals surface area (Å²) in [6.45, 7) is 0.0339. The van der Waals surface area contributed by atoms with Crippen molar-refractivity contribution < 1.29 is 14.3 Å². The van der Waals surface area contributed by atoms with Gasteiger partial charge in [0.25, 0.3) is 0 Å². The molecule has 0 aliphatic heterocycles. The lowest BCUT2D eigenvalue weighted by molar-refractivity contribution is 0.0943. The Hall–Kier alpha value is -2.13. The molecule has 2 unspecified atom stereocenters. The third kappa shape index (κ3) is 4.17. The fourth-order valence-electron chi connectivity index (χ4n) is 2.43. The predicted molar refractivity (Wildman–Crippen MR) is 74.7 cm³/mol. The molecule has 1 aliphatic carbocycles. The third-order valence-corrected chi connectivity index (χ3v) is 3.67. The molecule has 1 aromatic rings. The van der Waals surface area contributed by atoms with E-state index in [1.807, 2.05) is 6.07 Å². The molecule has 6 heteroatoms. The van der Waals surface area contributed by atoms with Crippen LogP contribution in [0.3, 0.4) is 0 Å². The maximum absolute atomic E-state index is 13.6. The number of nitrogens with one attached hydrogen (secondary N) is 2. The van der Waals surface area contributed by atoms with Crippen LogP contribution in [0.1, 0.15) is 36.8 Å². The fraction of sp³-hybridized carbons (Fsp3) is 0.467. The van der Waals surface area contributed by atoms with Crippen molar-refractivity contribution in [1.82, 2.24) is 10.6 Å². The number of urea groups is 1. The SMILES string of the molecule is N#Cc1ccc(CNC(=O)NC2CCCCC2O)c(F)c1. The molecule has 0 bridgehead atoms. The fourth-order valence-corrected chi connectivity index (χ4v) is 2.43. The molecule has 2 rings (SSSR count). The molecule has 5 nitrogen and oxygen atoms in total. The van der Waals surface area contributed by atoms with E-state index in [0.717, 1.165) is 25.3 Å². The molecule has 0 spiro atoms. The lowest BCUT2D eigenvalue weighted by Gasteiger charge is -2.28. The zero-order valence-corrected chi connectivity index (χ0v) is 11.6. The van der Waals surface area contributed by atoms with E-state index in [9.17, 15) is 14.3 Å². The van der Waals surface area contributed by atoms with E-state index in [-0.39, 0.29) is 18.2 Å². The van der Waals surface area contributed by atoms with E-state index >= 15 is 0 Å². The number of benzene rings is 1. The number of hydrogen-bond donors (Lipinski definition) is 3. The molecule has 0 aromatic heterocycles. The number of carbonyl (C=O) groups is 1. The van der Waals surface area contributed by atoms with Gasteiger partial charge in [-0.3, -0.25) is 0 Å². The normalized spacial score (nSPS) is 21.4. The number of rotatable bonds is 3. The zero-order valence-electron chi connectivity index (χ0n) is 11.6. The zero-order chi connectivity index (χ0) is 15.2. The summed E-state index contributed by atoms with van der Waals surface area (Å²) in [4.78, 5) is 11.8. The molecule has 1 saturated carbocycles. The topological polar surface area (TPSA) is 85.2 Å². The lowest BCUT2D eigenvalue weighted by atomic mass is 9.93. The summed E-state index contributed by atoms with van der Waals surface area (Å²) in [5.74, 6) is -0.521. The van der Waals surface area contributed by atoms with Gasteiger partial charge in [0.1, 0.15) is 5.82 Å². The van der Waals surface area contributed by atoms with Crippen molar-refractivity contribution >= 4 is 6.03 Å². The van der Waals surface area contributed by atoms with Crippen molar-refractivity contribution in [2.75, 3.05) is 0 Å². The second kappa shape index (κ2) is 7.04. The summed E-state index contributed by atoms with van der Waals surface area (Å²) in [6, 6.07) is 5.30. The molecule has 1 fully saturated rings. The Balaban J connectivity index is 1.85. The number of nitriles is 1. The van der Waals surface area contributed by atoms with Crippen molar-refractivity contribution in [3.05, 3.63) is 35.1 Å². The number of halogens is 1. The first-order valence-electron chi connectivity index (χ1n) is 7.01. The molecule has 0 heterocycles. The van der Waals surface area contributed by atoms with Crippen LogP contribution in [0.25, 0.3) is 0 Å².